The van der Waals surface area contributed by atoms with Crippen LogP contribution in [0.25, 0.3) is 0 Å². The fourth-order valence-corrected chi connectivity index (χ4v) is 2.98. The predicted molar refractivity (Wildman–Crippen MR) is 84.8 cm³/mol. The van der Waals surface area contributed by atoms with Crippen LogP contribution in [0.15, 0.2) is 41.0 Å². The highest BCUT2D eigenvalue weighted by Gasteiger charge is 2.19. The number of aliphatic hydroxyl groups excluding tert-OH is 1. The van der Waals surface area contributed by atoms with E-state index in [0.29, 0.717) is 19.8 Å². The highest BCUT2D eigenvalue weighted by atomic mass is 35.5. The average molecular weight is 322 g/mol. The summed E-state index contributed by atoms with van der Waals surface area (Å²) in [5, 5.41) is 10.9. The first kappa shape index (κ1) is 15.6. The van der Waals surface area contributed by atoms with E-state index in [9.17, 15) is 5.11 Å². The number of hydrogen-bond donors (Lipinski definition) is 1. The van der Waals surface area contributed by atoms with Crippen molar-refractivity contribution in [2.24, 2.45) is 0 Å². The van der Waals surface area contributed by atoms with Crippen molar-refractivity contribution in [1.29, 1.82) is 0 Å². The molecule has 1 N–H and O–H groups in total. The zero-order chi connectivity index (χ0) is 15.4. The molecule has 0 spiro atoms. The Morgan fingerprint density at radius 3 is 3.05 bits per heavy atom. The van der Waals surface area contributed by atoms with Gasteiger partial charge < -0.3 is 14.3 Å². The van der Waals surface area contributed by atoms with E-state index in [1.807, 2.05) is 24.3 Å². The molecule has 0 amide bonds. The Balaban J connectivity index is 1.45. The molecule has 5 heteroatoms. The first-order chi connectivity index (χ1) is 10.7. The number of β-amino-alcohol motifs (C(OH)–C–C–N with tert-alkyl or cyclic N) is 1. The Kier molecular flexibility index (Phi) is 5.16. The van der Waals surface area contributed by atoms with Crippen molar-refractivity contribution in [3.05, 3.63) is 58.5 Å². The molecule has 1 aliphatic rings. The summed E-state index contributed by atoms with van der Waals surface area (Å²) in [6.45, 7) is 3.07. The lowest BCUT2D eigenvalue weighted by atomic mass is 10.00. The van der Waals surface area contributed by atoms with Crippen LogP contribution >= 0.6 is 11.6 Å². The number of benzene rings is 1. The lowest BCUT2D eigenvalue weighted by Crippen LogP contribution is -2.38. The number of ether oxygens (including phenoxy) is 1. The van der Waals surface area contributed by atoms with Crippen molar-refractivity contribution in [2.45, 2.75) is 25.7 Å². The minimum atomic E-state index is -0.504. The van der Waals surface area contributed by atoms with E-state index in [1.54, 1.807) is 6.26 Å². The van der Waals surface area contributed by atoms with Gasteiger partial charge in [-0.2, -0.15) is 0 Å². The minimum absolute atomic E-state index is 0.305. The maximum Gasteiger partial charge on any atom is 0.129 e. The molecule has 1 aromatic carbocycles. The lowest BCUT2D eigenvalue weighted by molar-refractivity contribution is 0.00312. The number of nitrogens with zero attached hydrogens (tertiary/aromatic N) is 1. The Hall–Kier alpha value is -1.33. The van der Waals surface area contributed by atoms with E-state index in [4.69, 9.17) is 20.8 Å². The molecule has 1 atom stereocenters. The second-order valence-electron chi connectivity index (χ2n) is 5.65. The zero-order valence-corrected chi connectivity index (χ0v) is 13.1. The first-order valence-corrected chi connectivity index (χ1v) is 7.86. The van der Waals surface area contributed by atoms with Crippen LogP contribution < -0.4 is 0 Å². The van der Waals surface area contributed by atoms with Gasteiger partial charge in [0.25, 0.3) is 0 Å². The second-order valence-corrected chi connectivity index (χ2v) is 6.08. The number of rotatable bonds is 6. The van der Waals surface area contributed by atoms with E-state index in [1.165, 1.54) is 11.1 Å². The Labute approximate surface area is 135 Å². The van der Waals surface area contributed by atoms with E-state index in [2.05, 4.69) is 11.0 Å². The predicted octanol–water partition coefficient (Wildman–Crippen LogP) is 2.87. The van der Waals surface area contributed by atoms with E-state index in [-0.39, 0.29) is 0 Å². The van der Waals surface area contributed by atoms with Crippen molar-refractivity contribution in [2.75, 3.05) is 19.7 Å². The summed E-state index contributed by atoms with van der Waals surface area (Å²) < 4.78 is 10.7. The second kappa shape index (κ2) is 7.29. The van der Waals surface area contributed by atoms with Crippen LogP contribution in [0, 0.1) is 0 Å². The molecule has 0 aliphatic carbocycles. The van der Waals surface area contributed by atoms with Gasteiger partial charge in [-0.25, -0.2) is 0 Å². The highest BCUT2D eigenvalue weighted by Crippen LogP contribution is 2.22. The molecular weight excluding hydrogens is 302 g/mol. The SMILES string of the molecule is OC(COCc1ccco1)CN1CCc2ccc(Cl)cc2C1. The molecule has 1 aromatic heterocycles. The largest absolute Gasteiger partial charge is 0.467 e. The summed E-state index contributed by atoms with van der Waals surface area (Å²) in [6.07, 6.45) is 2.11. The molecule has 1 unspecified atom stereocenters. The fourth-order valence-electron chi connectivity index (χ4n) is 2.78. The molecule has 0 saturated carbocycles. The smallest absolute Gasteiger partial charge is 0.129 e. The van der Waals surface area contributed by atoms with Crippen LogP contribution in [-0.2, 0) is 24.3 Å². The normalized spacial score (nSPS) is 16.5. The van der Waals surface area contributed by atoms with Gasteiger partial charge in [0.15, 0.2) is 0 Å². The number of fused-ring (bicyclic) bond motifs is 1. The van der Waals surface area contributed by atoms with Gasteiger partial charge in [-0.15, -0.1) is 0 Å². The fraction of sp³-hybridized carbons (Fsp3) is 0.412. The monoisotopic (exact) mass is 321 g/mol. The molecule has 2 heterocycles. The highest BCUT2D eigenvalue weighted by molar-refractivity contribution is 6.30. The van der Waals surface area contributed by atoms with Crippen LogP contribution in [0.5, 0.6) is 0 Å². The van der Waals surface area contributed by atoms with Gasteiger partial charge in [0.05, 0.1) is 19.0 Å². The van der Waals surface area contributed by atoms with Crippen molar-refractivity contribution < 1.29 is 14.3 Å². The molecule has 22 heavy (non-hydrogen) atoms. The van der Waals surface area contributed by atoms with Crippen molar-refractivity contribution in [1.82, 2.24) is 4.90 Å². The number of aliphatic hydroxyl groups is 1. The molecule has 1 aliphatic heterocycles. The van der Waals surface area contributed by atoms with Crippen LogP contribution in [0.3, 0.4) is 0 Å². The minimum Gasteiger partial charge on any atom is -0.467 e. The van der Waals surface area contributed by atoms with Gasteiger partial charge in [0, 0.05) is 24.7 Å². The van der Waals surface area contributed by atoms with Crippen LogP contribution in [0.4, 0.5) is 0 Å². The standard InChI is InChI=1S/C17H20ClNO3/c18-15-4-3-13-5-6-19(9-14(13)8-15)10-16(20)11-21-12-17-2-1-7-22-17/h1-4,7-8,16,20H,5-6,9-12H2. The van der Waals surface area contributed by atoms with E-state index in [0.717, 1.165) is 30.3 Å². The van der Waals surface area contributed by atoms with Gasteiger partial charge in [0.1, 0.15) is 12.4 Å². The average Bonchev–Trinajstić information content (AvgIpc) is 3.00. The molecule has 0 radical (unpaired) electrons. The first-order valence-electron chi connectivity index (χ1n) is 7.48. The van der Waals surface area contributed by atoms with Crippen LogP contribution in [0.1, 0.15) is 16.9 Å². The Bertz CT molecular complexity index is 600. The van der Waals surface area contributed by atoms with Gasteiger partial charge in [-0.1, -0.05) is 17.7 Å². The summed E-state index contributed by atoms with van der Waals surface area (Å²) in [7, 11) is 0. The number of furan rings is 1. The molecule has 0 bridgehead atoms. The lowest BCUT2D eigenvalue weighted by Gasteiger charge is -2.30. The third kappa shape index (κ3) is 4.11. The van der Waals surface area contributed by atoms with Crippen LogP contribution in [0.2, 0.25) is 5.02 Å². The summed E-state index contributed by atoms with van der Waals surface area (Å²) >= 11 is 6.05. The molecule has 118 valence electrons. The number of halogens is 1. The van der Waals surface area contributed by atoms with E-state index < -0.39 is 6.10 Å². The Morgan fingerprint density at radius 1 is 1.32 bits per heavy atom. The van der Waals surface area contributed by atoms with Gasteiger partial charge in [-0.05, 0) is 41.8 Å². The summed E-state index contributed by atoms with van der Waals surface area (Å²) in [4.78, 5) is 2.24. The van der Waals surface area contributed by atoms with Gasteiger partial charge in [-0.3, -0.25) is 4.90 Å². The molecule has 3 rings (SSSR count). The molecule has 2 aromatic rings. The summed E-state index contributed by atoms with van der Waals surface area (Å²) in [5.41, 5.74) is 2.60. The third-order valence-corrected chi connectivity index (χ3v) is 4.10. The molecular formula is C17H20ClNO3. The Morgan fingerprint density at radius 2 is 2.23 bits per heavy atom. The zero-order valence-electron chi connectivity index (χ0n) is 12.4. The van der Waals surface area contributed by atoms with Crippen molar-refractivity contribution >= 4 is 11.6 Å². The maximum atomic E-state index is 10.1. The van der Waals surface area contributed by atoms with Crippen molar-refractivity contribution in [3.8, 4) is 0 Å². The number of hydrogen-bond acceptors (Lipinski definition) is 4. The topological polar surface area (TPSA) is 45.8 Å². The quantitative estimate of drug-likeness (QED) is 0.888. The van der Waals surface area contributed by atoms with Crippen molar-refractivity contribution in [3.63, 3.8) is 0 Å². The maximum absolute atomic E-state index is 10.1. The summed E-state index contributed by atoms with van der Waals surface area (Å²) in [5.74, 6) is 0.772. The molecule has 4 nitrogen and oxygen atoms in total. The summed E-state index contributed by atoms with van der Waals surface area (Å²) in [6, 6.07) is 9.73. The van der Waals surface area contributed by atoms with Crippen LogP contribution in [-0.4, -0.2) is 35.8 Å². The van der Waals surface area contributed by atoms with Gasteiger partial charge >= 0.3 is 0 Å². The molecule has 0 saturated heterocycles. The van der Waals surface area contributed by atoms with Gasteiger partial charge in [0.2, 0.25) is 0 Å². The van der Waals surface area contributed by atoms with E-state index >= 15 is 0 Å². The third-order valence-electron chi connectivity index (χ3n) is 3.86. The molecule has 0 fully saturated rings.